The number of carbonyl (C=O) groups excluding carboxylic acids is 1. The van der Waals surface area contributed by atoms with Crippen LogP contribution in [0.15, 0.2) is 0 Å². The van der Waals surface area contributed by atoms with Gasteiger partial charge in [0.05, 0.1) is 5.54 Å². The van der Waals surface area contributed by atoms with Crippen molar-refractivity contribution in [2.45, 2.75) is 62.1 Å². The summed E-state index contributed by atoms with van der Waals surface area (Å²) < 4.78 is 5.52. The molecule has 1 heterocycles. The summed E-state index contributed by atoms with van der Waals surface area (Å²) in [6, 6.07) is 0. The molecule has 1 saturated heterocycles. The molecule has 16 heavy (non-hydrogen) atoms. The number of nitrogens with zero attached hydrogens (tertiary/aromatic N) is 1. The van der Waals surface area contributed by atoms with Crippen LogP contribution in [0.3, 0.4) is 0 Å². The van der Waals surface area contributed by atoms with E-state index in [2.05, 4.69) is 62.2 Å². The van der Waals surface area contributed by atoms with Crippen molar-refractivity contribution >= 4 is 28.6 Å². The van der Waals surface area contributed by atoms with Gasteiger partial charge in [-0.15, -0.1) is 0 Å². The molecule has 0 aromatic carbocycles. The summed E-state index contributed by atoms with van der Waals surface area (Å²) in [7, 11) is 2.10. The smallest absolute Gasteiger partial charge is 0.318 e. The van der Waals surface area contributed by atoms with Crippen molar-refractivity contribution in [1.82, 2.24) is 4.90 Å². The summed E-state index contributed by atoms with van der Waals surface area (Å²) in [5, 5.41) is 0. The van der Waals surface area contributed by atoms with Crippen LogP contribution in [-0.4, -0.2) is 39.0 Å². The lowest BCUT2D eigenvalue weighted by Crippen LogP contribution is -2.49. The van der Waals surface area contributed by atoms with E-state index >= 15 is 0 Å². The van der Waals surface area contributed by atoms with E-state index in [1.807, 2.05) is 6.92 Å². The SMILES string of the molecule is CC(I)C(=O)OC1CC(C)(C)N(C)C1(C)C. The minimum absolute atomic E-state index is 0.0165. The Bertz CT molecular complexity index is 287. The first-order chi connectivity index (χ1) is 7.09. The molecule has 0 aliphatic carbocycles. The molecule has 1 aliphatic heterocycles. The van der Waals surface area contributed by atoms with Crippen molar-refractivity contribution in [2.24, 2.45) is 0 Å². The van der Waals surface area contributed by atoms with Gasteiger partial charge in [0.25, 0.3) is 0 Å². The van der Waals surface area contributed by atoms with E-state index in [9.17, 15) is 4.79 Å². The van der Waals surface area contributed by atoms with Crippen molar-refractivity contribution in [3.05, 3.63) is 0 Å². The number of halogens is 1. The third-order valence-electron chi connectivity index (χ3n) is 3.83. The maximum Gasteiger partial charge on any atom is 0.318 e. The average Bonchev–Trinajstić information content (AvgIpc) is 2.27. The number of alkyl halides is 1. The number of rotatable bonds is 2. The standard InChI is InChI=1S/C12H22INO2/c1-8(13)10(15)16-9-7-11(2,3)14(6)12(9,4)5/h8-9H,7H2,1-6H3. The van der Waals surface area contributed by atoms with E-state index in [0.29, 0.717) is 0 Å². The van der Waals surface area contributed by atoms with Gasteiger partial charge in [0.1, 0.15) is 10.0 Å². The van der Waals surface area contributed by atoms with Crippen LogP contribution in [0.2, 0.25) is 0 Å². The molecular formula is C12H22INO2. The number of hydrogen-bond acceptors (Lipinski definition) is 3. The van der Waals surface area contributed by atoms with Gasteiger partial charge in [-0.2, -0.15) is 0 Å². The average molecular weight is 339 g/mol. The molecule has 1 aliphatic rings. The van der Waals surface area contributed by atoms with Crippen LogP contribution in [0.25, 0.3) is 0 Å². The van der Waals surface area contributed by atoms with Crippen molar-refractivity contribution in [3.63, 3.8) is 0 Å². The topological polar surface area (TPSA) is 29.5 Å². The molecule has 0 bridgehead atoms. The summed E-state index contributed by atoms with van der Waals surface area (Å²) in [5.41, 5.74) is -0.00630. The minimum atomic E-state index is -0.107. The largest absolute Gasteiger partial charge is 0.460 e. The van der Waals surface area contributed by atoms with E-state index in [1.54, 1.807) is 0 Å². The lowest BCUT2D eigenvalue weighted by molar-refractivity contribution is -0.151. The van der Waals surface area contributed by atoms with E-state index < -0.39 is 0 Å². The molecule has 0 radical (unpaired) electrons. The summed E-state index contributed by atoms with van der Waals surface area (Å²) in [6.07, 6.45) is 0.878. The third-order valence-corrected chi connectivity index (χ3v) is 4.34. The lowest BCUT2D eigenvalue weighted by Gasteiger charge is -2.37. The lowest BCUT2D eigenvalue weighted by atomic mass is 9.97. The number of likely N-dealkylation sites (tertiary alicyclic amines) is 1. The number of carbonyl (C=O) groups is 1. The predicted molar refractivity (Wildman–Crippen MR) is 73.9 cm³/mol. The van der Waals surface area contributed by atoms with Crippen LogP contribution < -0.4 is 0 Å². The Morgan fingerprint density at radius 1 is 1.44 bits per heavy atom. The highest BCUT2D eigenvalue weighted by molar-refractivity contribution is 14.1. The Hall–Kier alpha value is 0.160. The van der Waals surface area contributed by atoms with Gasteiger partial charge in [-0.1, -0.05) is 22.6 Å². The molecule has 0 spiro atoms. The molecule has 1 fully saturated rings. The van der Waals surface area contributed by atoms with E-state index in [1.165, 1.54) is 0 Å². The molecule has 0 aromatic rings. The predicted octanol–water partition coefficient (Wildman–Crippen LogP) is 2.61. The fourth-order valence-corrected chi connectivity index (χ4v) is 2.40. The Balaban J connectivity index is 2.80. The molecule has 2 unspecified atom stereocenters. The summed E-state index contributed by atoms with van der Waals surface area (Å²) >= 11 is 2.09. The second-order valence-electron chi connectivity index (χ2n) is 5.77. The summed E-state index contributed by atoms with van der Waals surface area (Å²) in [6.45, 7) is 10.5. The van der Waals surface area contributed by atoms with E-state index in [0.717, 1.165) is 6.42 Å². The first-order valence-electron chi connectivity index (χ1n) is 5.67. The van der Waals surface area contributed by atoms with Crippen LogP contribution in [-0.2, 0) is 9.53 Å². The maximum absolute atomic E-state index is 11.7. The molecule has 0 aromatic heterocycles. The Kier molecular flexibility index (Phi) is 3.95. The highest BCUT2D eigenvalue weighted by atomic mass is 127. The maximum atomic E-state index is 11.7. The molecule has 0 N–H and O–H groups in total. The first kappa shape index (κ1) is 14.2. The van der Waals surface area contributed by atoms with Gasteiger partial charge >= 0.3 is 5.97 Å². The number of esters is 1. The molecule has 94 valence electrons. The normalized spacial score (nSPS) is 30.1. The van der Waals surface area contributed by atoms with Gasteiger partial charge in [-0.05, 0) is 41.7 Å². The Morgan fingerprint density at radius 2 is 1.94 bits per heavy atom. The highest BCUT2D eigenvalue weighted by Gasteiger charge is 2.51. The van der Waals surface area contributed by atoms with Gasteiger partial charge in [-0.25, -0.2) is 0 Å². The zero-order valence-corrected chi connectivity index (χ0v) is 13.2. The quantitative estimate of drug-likeness (QED) is 0.440. The molecule has 1 rings (SSSR count). The molecule has 0 saturated carbocycles. The van der Waals surface area contributed by atoms with Gasteiger partial charge < -0.3 is 4.74 Å². The summed E-state index contributed by atoms with van der Waals surface area (Å²) in [5.74, 6) is -0.107. The highest BCUT2D eigenvalue weighted by Crippen LogP contribution is 2.41. The number of ether oxygens (including phenoxy) is 1. The monoisotopic (exact) mass is 339 g/mol. The molecule has 2 atom stereocenters. The fraction of sp³-hybridized carbons (Fsp3) is 0.917. The van der Waals surface area contributed by atoms with Gasteiger partial charge in [0, 0.05) is 12.0 Å². The van der Waals surface area contributed by atoms with Crippen LogP contribution in [0, 0.1) is 0 Å². The molecule has 3 nitrogen and oxygen atoms in total. The molecular weight excluding hydrogens is 317 g/mol. The molecule has 4 heteroatoms. The van der Waals surface area contributed by atoms with E-state index in [-0.39, 0.29) is 27.1 Å². The minimum Gasteiger partial charge on any atom is -0.460 e. The van der Waals surface area contributed by atoms with E-state index in [4.69, 9.17) is 4.74 Å². The second-order valence-corrected chi connectivity index (χ2v) is 7.64. The van der Waals surface area contributed by atoms with Crippen LogP contribution in [0.5, 0.6) is 0 Å². The molecule has 0 amide bonds. The Morgan fingerprint density at radius 3 is 2.25 bits per heavy atom. The number of likely N-dealkylation sites (N-methyl/N-ethyl adjacent to an activating group) is 1. The van der Waals surface area contributed by atoms with Crippen molar-refractivity contribution in [1.29, 1.82) is 0 Å². The summed E-state index contributed by atoms with van der Waals surface area (Å²) in [4.78, 5) is 14.0. The van der Waals surface area contributed by atoms with Crippen LogP contribution in [0.1, 0.15) is 41.0 Å². The van der Waals surface area contributed by atoms with Crippen molar-refractivity contribution in [3.8, 4) is 0 Å². The fourth-order valence-electron chi connectivity index (χ4n) is 2.26. The van der Waals surface area contributed by atoms with Crippen molar-refractivity contribution in [2.75, 3.05) is 7.05 Å². The van der Waals surface area contributed by atoms with Gasteiger partial charge in [0.15, 0.2) is 0 Å². The van der Waals surface area contributed by atoms with Gasteiger partial charge in [0.2, 0.25) is 0 Å². The second kappa shape index (κ2) is 4.44. The number of hydrogen-bond donors (Lipinski definition) is 0. The van der Waals surface area contributed by atoms with Crippen LogP contribution in [0.4, 0.5) is 0 Å². The van der Waals surface area contributed by atoms with Crippen molar-refractivity contribution < 1.29 is 9.53 Å². The van der Waals surface area contributed by atoms with Crippen LogP contribution >= 0.6 is 22.6 Å². The first-order valence-corrected chi connectivity index (χ1v) is 6.92. The third kappa shape index (κ3) is 2.53. The van der Waals surface area contributed by atoms with Gasteiger partial charge in [-0.3, -0.25) is 9.69 Å². The Labute approximate surface area is 112 Å². The zero-order chi connectivity index (χ0) is 12.7. The zero-order valence-electron chi connectivity index (χ0n) is 11.0.